The summed E-state index contributed by atoms with van der Waals surface area (Å²) in [7, 11) is 1.65. The molecule has 7 heteroatoms. The van der Waals surface area contributed by atoms with Crippen molar-refractivity contribution in [2.24, 2.45) is 0 Å². The molecule has 0 saturated carbocycles. The molecular weight excluding hydrogens is 408 g/mol. The molecule has 2 unspecified atom stereocenters. The average molecular weight is 437 g/mol. The summed E-state index contributed by atoms with van der Waals surface area (Å²) in [6.45, 7) is 4.68. The molecule has 0 bridgehead atoms. The highest BCUT2D eigenvalue weighted by Crippen LogP contribution is 2.33. The third-order valence-electron chi connectivity index (χ3n) is 5.72. The first-order valence-corrected chi connectivity index (χ1v) is 11.6. The van der Waals surface area contributed by atoms with Gasteiger partial charge in [0.2, 0.25) is 5.91 Å². The van der Waals surface area contributed by atoms with Crippen molar-refractivity contribution in [3.8, 4) is 17.1 Å². The van der Waals surface area contributed by atoms with Crippen molar-refractivity contribution in [3.63, 3.8) is 0 Å². The van der Waals surface area contributed by atoms with Gasteiger partial charge in [-0.25, -0.2) is 0 Å². The second-order valence-corrected chi connectivity index (χ2v) is 8.97. The van der Waals surface area contributed by atoms with E-state index in [1.165, 1.54) is 22.9 Å². The minimum Gasteiger partial charge on any atom is -0.496 e. The Labute approximate surface area is 187 Å². The summed E-state index contributed by atoms with van der Waals surface area (Å²) in [6, 6.07) is 16.3. The van der Waals surface area contributed by atoms with Gasteiger partial charge in [0.05, 0.1) is 24.0 Å². The zero-order valence-corrected chi connectivity index (χ0v) is 19.0. The molecule has 3 aromatic rings. The Morgan fingerprint density at radius 1 is 1.23 bits per heavy atom. The molecule has 0 aliphatic heterocycles. The Balaban J connectivity index is 1.50. The highest BCUT2D eigenvalue weighted by Gasteiger charge is 2.26. The maximum atomic E-state index is 13.0. The molecule has 0 saturated heterocycles. The van der Waals surface area contributed by atoms with E-state index in [9.17, 15) is 4.79 Å². The Kier molecular flexibility index (Phi) is 6.61. The molecular formula is C24H28N4O2S. The first-order chi connectivity index (χ1) is 15.1. The Hall–Kier alpha value is -2.80. The van der Waals surface area contributed by atoms with Crippen LogP contribution in [0.4, 0.5) is 0 Å². The van der Waals surface area contributed by atoms with Gasteiger partial charge in [0.25, 0.3) is 0 Å². The maximum absolute atomic E-state index is 13.0. The number of hydrogen-bond donors (Lipinski definition) is 1. The van der Waals surface area contributed by atoms with Gasteiger partial charge in [0.1, 0.15) is 5.75 Å². The number of methoxy groups -OCH3 is 1. The van der Waals surface area contributed by atoms with Crippen LogP contribution < -0.4 is 10.1 Å². The monoisotopic (exact) mass is 436 g/mol. The molecule has 2 aromatic carbocycles. The third kappa shape index (κ3) is 4.46. The van der Waals surface area contributed by atoms with E-state index in [0.29, 0.717) is 6.54 Å². The Morgan fingerprint density at radius 3 is 2.81 bits per heavy atom. The van der Waals surface area contributed by atoms with Crippen LogP contribution in [0.1, 0.15) is 43.9 Å². The topological polar surface area (TPSA) is 69.0 Å². The number of para-hydroxylation sites is 1. The third-order valence-corrected chi connectivity index (χ3v) is 6.80. The second kappa shape index (κ2) is 9.56. The fraction of sp³-hybridized carbons (Fsp3) is 0.375. The van der Waals surface area contributed by atoms with E-state index >= 15 is 0 Å². The molecule has 0 fully saturated rings. The predicted molar refractivity (Wildman–Crippen MR) is 123 cm³/mol. The van der Waals surface area contributed by atoms with E-state index in [0.717, 1.165) is 41.6 Å². The van der Waals surface area contributed by atoms with Crippen LogP contribution in [-0.4, -0.2) is 33.0 Å². The number of benzene rings is 2. The lowest BCUT2D eigenvalue weighted by molar-refractivity contribution is -0.121. The molecule has 4 rings (SSSR count). The number of amides is 1. The summed E-state index contributed by atoms with van der Waals surface area (Å²) in [6.07, 6.45) is 3.15. The number of hydrogen-bond acceptors (Lipinski definition) is 5. The van der Waals surface area contributed by atoms with E-state index in [2.05, 4.69) is 40.6 Å². The number of aryl methyl sites for hydroxylation is 1. The van der Waals surface area contributed by atoms with Gasteiger partial charge in [-0.3, -0.25) is 4.79 Å². The quantitative estimate of drug-likeness (QED) is 0.546. The van der Waals surface area contributed by atoms with Crippen molar-refractivity contribution in [3.05, 3.63) is 59.7 Å². The number of carbonyl (C=O) groups excluding carboxylic acids is 1. The van der Waals surface area contributed by atoms with Gasteiger partial charge >= 0.3 is 0 Å². The highest BCUT2D eigenvalue weighted by molar-refractivity contribution is 8.00. The van der Waals surface area contributed by atoms with Crippen LogP contribution >= 0.6 is 11.8 Å². The van der Waals surface area contributed by atoms with Crippen LogP contribution in [0.25, 0.3) is 11.4 Å². The molecule has 1 aliphatic carbocycles. The smallest absolute Gasteiger partial charge is 0.233 e. The largest absolute Gasteiger partial charge is 0.496 e. The minimum absolute atomic E-state index is 0.0243. The van der Waals surface area contributed by atoms with Crippen LogP contribution in [0.15, 0.2) is 53.7 Å². The van der Waals surface area contributed by atoms with Crippen molar-refractivity contribution >= 4 is 17.7 Å². The van der Waals surface area contributed by atoms with Crippen LogP contribution in [0.3, 0.4) is 0 Å². The van der Waals surface area contributed by atoms with E-state index in [1.54, 1.807) is 7.11 Å². The lowest BCUT2D eigenvalue weighted by atomic mass is 9.88. The average Bonchev–Trinajstić information content (AvgIpc) is 3.21. The first kappa shape index (κ1) is 21.4. The molecule has 1 amide bonds. The lowest BCUT2D eigenvalue weighted by Gasteiger charge is -2.27. The normalized spacial score (nSPS) is 16.4. The molecule has 31 heavy (non-hydrogen) atoms. The van der Waals surface area contributed by atoms with E-state index in [4.69, 9.17) is 4.74 Å². The summed E-state index contributed by atoms with van der Waals surface area (Å²) in [5.74, 6) is 1.52. The van der Waals surface area contributed by atoms with Gasteiger partial charge in [-0.15, -0.1) is 10.2 Å². The van der Waals surface area contributed by atoms with E-state index in [-0.39, 0.29) is 17.2 Å². The van der Waals surface area contributed by atoms with Gasteiger partial charge in [0.15, 0.2) is 11.0 Å². The fourth-order valence-corrected chi connectivity index (χ4v) is 5.02. The summed E-state index contributed by atoms with van der Waals surface area (Å²) in [5.41, 5.74) is 3.48. The zero-order chi connectivity index (χ0) is 21.8. The number of nitrogens with one attached hydrogen (secondary N) is 1. The number of carbonyl (C=O) groups is 1. The Bertz CT molecular complexity index is 1070. The second-order valence-electron chi connectivity index (χ2n) is 7.66. The maximum Gasteiger partial charge on any atom is 0.233 e. The van der Waals surface area contributed by atoms with E-state index < -0.39 is 0 Å². The lowest BCUT2D eigenvalue weighted by Crippen LogP contribution is -2.36. The zero-order valence-electron chi connectivity index (χ0n) is 18.2. The van der Waals surface area contributed by atoms with Crippen molar-refractivity contribution < 1.29 is 9.53 Å². The molecule has 162 valence electrons. The molecule has 0 radical (unpaired) electrons. The van der Waals surface area contributed by atoms with Crippen molar-refractivity contribution in [2.75, 3.05) is 7.11 Å². The van der Waals surface area contributed by atoms with Gasteiger partial charge in [0, 0.05) is 6.54 Å². The number of aromatic nitrogens is 3. The minimum atomic E-state index is -0.283. The molecule has 1 heterocycles. The highest BCUT2D eigenvalue weighted by atomic mass is 32.2. The molecule has 2 atom stereocenters. The number of rotatable bonds is 7. The van der Waals surface area contributed by atoms with Gasteiger partial charge in [-0.05, 0) is 56.4 Å². The molecule has 1 aromatic heterocycles. The SMILES string of the molecule is CCn1c(SC(C)C(=O)NC2CCCc3ccccc32)nnc1-c1ccccc1OC. The number of ether oxygens (including phenoxy) is 1. The number of nitrogens with zero attached hydrogens (tertiary/aromatic N) is 3. The number of thioether (sulfide) groups is 1. The summed E-state index contributed by atoms with van der Waals surface area (Å²) >= 11 is 1.44. The molecule has 1 N–H and O–H groups in total. The van der Waals surface area contributed by atoms with Crippen LogP contribution in [-0.2, 0) is 17.8 Å². The summed E-state index contributed by atoms with van der Waals surface area (Å²) < 4.78 is 7.52. The van der Waals surface area contributed by atoms with Crippen molar-refractivity contribution in [2.45, 2.75) is 56.1 Å². The van der Waals surface area contributed by atoms with Gasteiger partial charge in [-0.1, -0.05) is 48.2 Å². The van der Waals surface area contributed by atoms with Crippen LogP contribution in [0, 0.1) is 0 Å². The predicted octanol–water partition coefficient (Wildman–Crippen LogP) is 4.65. The van der Waals surface area contributed by atoms with Crippen molar-refractivity contribution in [1.29, 1.82) is 0 Å². The fourth-order valence-electron chi connectivity index (χ4n) is 4.09. The first-order valence-electron chi connectivity index (χ1n) is 10.7. The summed E-state index contributed by atoms with van der Waals surface area (Å²) in [5, 5.41) is 12.5. The standard InChI is InChI=1S/C24H28N4O2S/c1-4-28-22(19-13-7-8-15-21(19)30-3)26-27-24(28)31-16(2)23(29)25-20-14-9-11-17-10-5-6-12-18(17)20/h5-8,10,12-13,15-16,20H,4,9,11,14H2,1-3H3,(H,25,29). The van der Waals surface area contributed by atoms with Crippen molar-refractivity contribution in [1.82, 2.24) is 20.1 Å². The molecule has 0 spiro atoms. The van der Waals surface area contributed by atoms with Gasteiger partial charge in [-0.2, -0.15) is 0 Å². The van der Waals surface area contributed by atoms with Crippen LogP contribution in [0.2, 0.25) is 0 Å². The Morgan fingerprint density at radius 2 is 2.00 bits per heavy atom. The molecule has 6 nitrogen and oxygen atoms in total. The number of fused-ring (bicyclic) bond motifs is 1. The molecule has 1 aliphatic rings. The summed E-state index contributed by atoms with van der Waals surface area (Å²) in [4.78, 5) is 13.0. The van der Waals surface area contributed by atoms with E-state index in [1.807, 2.05) is 41.8 Å². The van der Waals surface area contributed by atoms with Crippen LogP contribution in [0.5, 0.6) is 5.75 Å². The van der Waals surface area contributed by atoms with Gasteiger partial charge < -0.3 is 14.6 Å².